The topological polar surface area (TPSA) is 87.5 Å². The van der Waals surface area contributed by atoms with Crippen LogP contribution in [-0.2, 0) is 9.53 Å². The molecule has 1 aromatic carbocycles. The highest BCUT2D eigenvalue weighted by Gasteiger charge is 2.36. The number of carbonyl (C=O) groups excluding carboxylic acids is 1. The van der Waals surface area contributed by atoms with Gasteiger partial charge in [-0.2, -0.15) is 10.1 Å². The summed E-state index contributed by atoms with van der Waals surface area (Å²) < 4.78 is 19.9. The minimum atomic E-state index is -0.511. The molecule has 1 saturated carbocycles. The Morgan fingerprint density at radius 1 is 1.25 bits per heavy atom. The number of hydrogen-bond acceptors (Lipinski definition) is 7. The van der Waals surface area contributed by atoms with Crippen molar-refractivity contribution in [3.05, 3.63) is 39.8 Å². The maximum atomic E-state index is 13.4. The molecular weight excluding hydrogens is 476 g/mol. The molecule has 2 aromatic rings. The fourth-order valence-corrected chi connectivity index (χ4v) is 4.86. The summed E-state index contributed by atoms with van der Waals surface area (Å²) in [6, 6.07) is 3.30. The van der Waals surface area contributed by atoms with Crippen molar-refractivity contribution in [3.63, 3.8) is 0 Å². The fraction of sp³-hybridized carbons (Fsp3) is 0.522. The van der Waals surface area contributed by atoms with Crippen LogP contribution in [0.25, 0.3) is 0 Å². The van der Waals surface area contributed by atoms with Crippen LogP contribution in [0.3, 0.4) is 0 Å². The van der Waals surface area contributed by atoms with Gasteiger partial charge in [-0.25, -0.2) is 9.48 Å². The zero-order valence-corrected chi connectivity index (χ0v) is 20.4. The van der Waals surface area contributed by atoms with Gasteiger partial charge in [0.05, 0.1) is 23.3 Å². The number of nitrogens with one attached hydrogen (secondary N) is 1. The number of nitrogens with zero attached hydrogens (tertiary/aromatic N) is 3. The second kappa shape index (κ2) is 9.52. The number of allylic oxidation sites excluding steroid dienone is 1. The van der Waals surface area contributed by atoms with E-state index in [9.17, 15) is 4.79 Å². The molecule has 0 saturated heterocycles. The molecule has 1 atom stereocenters. The van der Waals surface area contributed by atoms with Crippen molar-refractivity contribution >= 4 is 27.8 Å². The number of esters is 1. The molecule has 1 aromatic heterocycles. The van der Waals surface area contributed by atoms with Gasteiger partial charge in [0.2, 0.25) is 5.95 Å². The lowest BCUT2D eigenvalue weighted by atomic mass is 9.94. The summed E-state index contributed by atoms with van der Waals surface area (Å²) in [6.07, 6.45) is 6.60. The number of anilines is 1. The Kier molecular flexibility index (Phi) is 6.74. The van der Waals surface area contributed by atoms with Crippen molar-refractivity contribution in [2.24, 2.45) is 0 Å². The van der Waals surface area contributed by atoms with E-state index in [1.807, 2.05) is 32.9 Å². The van der Waals surface area contributed by atoms with Crippen LogP contribution in [0.2, 0.25) is 0 Å². The molecule has 1 aliphatic carbocycles. The SMILES string of the molecule is COc1cc(C2C(C(=O)OC3CCCCC3)=C(C)Nc3ncnn32)cc(Br)c1OC(C)C. The third-order valence-electron chi connectivity index (χ3n) is 5.76. The van der Waals surface area contributed by atoms with E-state index in [2.05, 4.69) is 31.3 Å². The van der Waals surface area contributed by atoms with Crippen molar-refractivity contribution in [1.82, 2.24) is 14.8 Å². The molecule has 0 radical (unpaired) electrons. The molecule has 0 bridgehead atoms. The number of rotatable bonds is 6. The van der Waals surface area contributed by atoms with Gasteiger partial charge < -0.3 is 19.5 Å². The molecule has 2 heterocycles. The highest BCUT2D eigenvalue weighted by molar-refractivity contribution is 9.10. The van der Waals surface area contributed by atoms with Gasteiger partial charge in [0.15, 0.2) is 11.5 Å². The first-order chi connectivity index (χ1) is 15.4. The summed E-state index contributed by atoms with van der Waals surface area (Å²) in [6.45, 7) is 5.78. The summed E-state index contributed by atoms with van der Waals surface area (Å²) >= 11 is 3.62. The maximum absolute atomic E-state index is 13.4. The lowest BCUT2D eigenvalue weighted by molar-refractivity contribution is -0.146. The van der Waals surface area contributed by atoms with Crippen molar-refractivity contribution in [2.75, 3.05) is 12.4 Å². The van der Waals surface area contributed by atoms with Gasteiger partial charge in [-0.1, -0.05) is 6.42 Å². The zero-order valence-electron chi connectivity index (χ0n) is 18.9. The van der Waals surface area contributed by atoms with E-state index in [4.69, 9.17) is 14.2 Å². The number of benzene rings is 1. The average molecular weight is 505 g/mol. The number of hydrogen-bond donors (Lipinski definition) is 1. The third kappa shape index (κ3) is 4.48. The van der Waals surface area contributed by atoms with E-state index in [1.165, 1.54) is 12.7 Å². The first-order valence-corrected chi connectivity index (χ1v) is 11.8. The van der Waals surface area contributed by atoms with Gasteiger partial charge in [0.25, 0.3) is 0 Å². The van der Waals surface area contributed by atoms with Crippen LogP contribution >= 0.6 is 15.9 Å². The Hall–Kier alpha value is -2.55. The Morgan fingerprint density at radius 3 is 2.69 bits per heavy atom. The van der Waals surface area contributed by atoms with E-state index >= 15 is 0 Å². The van der Waals surface area contributed by atoms with Gasteiger partial charge >= 0.3 is 5.97 Å². The molecule has 2 aliphatic rings. The summed E-state index contributed by atoms with van der Waals surface area (Å²) in [5, 5.41) is 7.59. The standard InChI is InChI=1S/C23H29BrN4O4/c1-13(2)31-21-17(24)10-15(11-18(21)30-4)20-19(14(3)27-23-25-12-26-28(20)23)22(29)32-16-8-6-5-7-9-16/h10-13,16,20H,5-9H2,1-4H3,(H,25,26,27). The summed E-state index contributed by atoms with van der Waals surface area (Å²) in [5.41, 5.74) is 2.03. The van der Waals surface area contributed by atoms with Gasteiger partial charge in [-0.05, 0) is 80.1 Å². The van der Waals surface area contributed by atoms with E-state index in [0.29, 0.717) is 28.7 Å². The van der Waals surface area contributed by atoms with Crippen LogP contribution in [0.1, 0.15) is 64.5 Å². The summed E-state index contributed by atoms with van der Waals surface area (Å²) in [7, 11) is 1.60. The number of methoxy groups -OCH3 is 1. The second-order valence-corrected chi connectivity index (χ2v) is 9.31. The largest absolute Gasteiger partial charge is 0.493 e. The van der Waals surface area contributed by atoms with E-state index in [0.717, 1.165) is 35.7 Å². The average Bonchev–Trinajstić information content (AvgIpc) is 3.22. The Labute approximate surface area is 196 Å². The number of halogens is 1. The predicted octanol–water partition coefficient (Wildman–Crippen LogP) is 5.00. The zero-order chi connectivity index (χ0) is 22.8. The molecule has 172 valence electrons. The van der Waals surface area contributed by atoms with Crippen molar-refractivity contribution in [3.8, 4) is 11.5 Å². The van der Waals surface area contributed by atoms with Crippen molar-refractivity contribution in [2.45, 2.75) is 71.1 Å². The molecule has 8 nitrogen and oxygen atoms in total. The minimum absolute atomic E-state index is 0.0185. The Morgan fingerprint density at radius 2 is 2.00 bits per heavy atom. The minimum Gasteiger partial charge on any atom is -0.493 e. The summed E-state index contributed by atoms with van der Waals surface area (Å²) in [4.78, 5) is 17.7. The van der Waals surface area contributed by atoms with Gasteiger partial charge in [-0.3, -0.25) is 0 Å². The van der Waals surface area contributed by atoms with Crippen LogP contribution < -0.4 is 14.8 Å². The Balaban J connectivity index is 1.76. The lowest BCUT2D eigenvalue weighted by Gasteiger charge is -2.30. The quantitative estimate of drug-likeness (QED) is 0.553. The molecule has 0 spiro atoms. The van der Waals surface area contributed by atoms with Gasteiger partial charge in [0.1, 0.15) is 18.5 Å². The monoisotopic (exact) mass is 504 g/mol. The molecule has 1 fully saturated rings. The number of fused-ring (bicyclic) bond motifs is 1. The molecule has 1 aliphatic heterocycles. The first-order valence-electron chi connectivity index (χ1n) is 11.0. The van der Waals surface area contributed by atoms with Crippen LogP contribution in [0, 0.1) is 0 Å². The second-order valence-electron chi connectivity index (χ2n) is 8.46. The molecule has 0 amide bonds. The van der Waals surface area contributed by atoms with Crippen LogP contribution in [0.15, 0.2) is 34.2 Å². The molecule has 1 unspecified atom stereocenters. The van der Waals surface area contributed by atoms with Gasteiger partial charge in [-0.15, -0.1) is 0 Å². The van der Waals surface area contributed by atoms with Crippen molar-refractivity contribution < 1.29 is 19.0 Å². The number of ether oxygens (including phenoxy) is 3. The third-order valence-corrected chi connectivity index (χ3v) is 6.35. The first kappa shape index (κ1) is 22.6. The van der Waals surface area contributed by atoms with Crippen LogP contribution in [-0.4, -0.2) is 40.1 Å². The fourth-order valence-electron chi connectivity index (χ4n) is 4.31. The highest BCUT2D eigenvalue weighted by atomic mass is 79.9. The highest BCUT2D eigenvalue weighted by Crippen LogP contribution is 2.43. The van der Waals surface area contributed by atoms with E-state index in [1.54, 1.807) is 11.8 Å². The summed E-state index contributed by atoms with van der Waals surface area (Å²) in [5.74, 6) is 1.43. The number of carbonyl (C=O) groups is 1. The smallest absolute Gasteiger partial charge is 0.338 e. The normalized spacial score (nSPS) is 18.9. The Bertz CT molecular complexity index is 1030. The number of aromatic nitrogens is 3. The maximum Gasteiger partial charge on any atom is 0.338 e. The molecule has 4 rings (SSSR count). The predicted molar refractivity (Wildman–Crippen MR) is 124 cm³/mol. The van der Waals surface area contributed by atoms with Crippen LogP contribution in [0.5, 0.6) is 11.5 Å². The van der Waals surface area contributed by atoms with E-state index in [-0.39, 0.29) is 18.2 Å². The van der Waals surface area contributed by atoms with E-state index < -0.39 is 6.04 Å². The molecular formula is C23H29BrN4O4. The molecule has 1 N–H and O–H groups in total. The van der Waals surface area contributed by atoms with Gasteiger partial charge in [0, 0.05) is 5.70 Å². The van der Waals surface area contributed by atoms with Crippen molar-refractivity contribution in [1.29, 1.82) is 0 Å². The molecule has 32 heavy (non-hydrogen) atoms. The lowest BCUT2D eigenvalue weighted by Crippen LogP contribution is -2.32. The van der Waals surface area contributed by atoms with Crippen LogP contribution in [0.4, 0.5) is 5.95 Å². The molecule has 9 heteroatoms.